The number of aliphatic hydroxyl groups excluding tert-OH is 2. The minimum atomic E-state index is -0.927. The number of ether oxygens (including phenoxy) is 3. The van der Waals surface area contributed by atoms with Gasteiger partial charge in [0.15, 0.2) is 0 Å². The molecule has 0 aromatic heterocycles. The SMILES string of the molecule is C=CCO[C@@](C)(CCCOCc1ccc(OC)cc1)[C@H](O)CO. The number of rotatable bonds is 12. The van der Waals surface area contributed by atoms with E-state index >= 15 is 0 Å². The molecule has 0 saturated heterocycles. The summed E-state index contributed by atoms with van der Waals surface area (Å²) in [7, 11) is 1.64. The van der Waals surface area contributed by atoms with E-state index in [1.54, 1.807) is 20.1 Å². The van der Waals surface area contributed by atoms with Crippen molar-refractivity contribution in [2.45, 2.75) is 38.1 Å². The van der Waals surface area contributed by atoms with Crippen LogP contribution in [0, 0.1) is 0 Å². The van der Waals surface area contributed by atoms with Gasteiger partial charge in [0, 0.05) is 6.61 Å². The van der Waals surface area contributed by atoms with Crippen molar-refractivity contribution in [1.29, 1.82) is 0 Å². The van der Waals surface area contributed by atoms with E-state index in [-0.39, 0.29) is 6.61 Å². The maximum atomic E-state index is 9.93. The predicted molar refractivity (Wildman–Crippen MR) is 89.5 cm³/mol. The molecule has 0 unspecified atom stereocenters. The zero-order valence-corrected chi connectivity index (χ0v) is 14.0. The number of aliphatic hydroxyl groups is 2. The summed E-state index contributed by atoms with van der Waals surface area (Å²) >= 11 is 0. The highest BCUT2D eigenvalue weighted by Crippen LogP contribution is 2.22. The highest BCUT2D eigenvalue weighted by atomic mass is 16.5. The molecule has 0 spiro atoms. The van der Waals surface area contributed by atoms with Crippen LogP contribution < -0.4 is 4.74 Å². The first-order valence-electron chi connectivity index (χ1n) is 7.80. The molecule has 1 rings (SSSR count). The van der Waals surface area contributed by atoms with Crippen molar-refractivity contribution in [3.8, 4) is 5.75 Å². The van der Waals surface area contributed by atoms with E-state index in [9.17, 15) is 5.11 Å². The average molecular weight is 324 g/mol. The first-order valence-corrected chi connectivity index (χ1v) is 7.80. The third-order valence-corrected chi connectivity index (χ3v) is 3.80. The number of hydrogen-bond donors (Lipinski definition) is 2. The second-order valence-electron chi connectivity index (χ2n) is 5.61. The maximum Gasteiger partial charge on any atom is 0.118 e. The van der Waals surface area contributed by atoms with Gasteiger partial charge in [-0.05, 0) is 37.5 Å². The quantitative estimate of drug-likeness (QED) is 0.456. The normalized spacial score (nSPS) is 15.0. The zero-order valence-electron chi connectivity index (χ0n) is 14.0. The van der Waals surface area contributed by atoms with Crippen LogP contribution in [0.1, 0.15) is 25.3 Å². The smallest absolute Gasteiger partial charge is 0.118 e. The van der Waals surface area contributed by atoms with Crippen molar-refractivity contribution in [2.24, 2.45) is 0 Å². The van der Waals surface area contributed by atoms with Gasteiger partial charge in [0.25, 0.3) is 0 Å². The van der Waals surface area contributed by atoms with Crippen molar-refractivity contribution in [2.75, 3.05) is 26.9 Å². The van der Waals surface area contributed by atoms with Gasteiger partial charge in [0.1, 0.15) is 11.9 Å². The zero-order chi connectivity index (χ0) is 17.1. The summed E-state index contributed by atoms with van der Waals surface area (Å²) in [4.78, 5) is 0. The van der Waals surface area contributed by atoms with Gasteiger partial charge in [-0.15, -0.1) is 6.58 Å². The number of hydrogen-bond acceptors (Lipinski definition) is 5. The lowest BCUT2D eigenvalue weighted by Gasteiger charge is -2.33. The molecule has 0 aliphatic heterocycles. The second kappa shape index (κ2) is 10.4. The van der Waals surface area contributed by atoms with Gasteiger partial charge in [0.05, 0.1) is 32.5 Å². The molecular formula is C18H28O5. The fraction of sp³-hybridized carbons (Fsp3) is 0.556. The fourth-order valence-electron chi connectivity index (χ4n) is 2.21. The van der Waals surface area contributed by atoms with Crippen LogP contribution in [0.5, 0.6) is 5.75 Å². The van der Waals surface area contributed by atoms with Crippen molar-refractivity contribution in [3.63, 3.8) is 0 Å². The van der Waals surface area contributed by atoms with E-state index in [2.05, 4.69) is 6.58 Å². The van der Waals surface area contributed by atoms with Gasteiger partial charge in [-0.3, -0.25) is 0 Å². The summed E-state index contributed by atoms with van der Waals surface area (Å²) < 4.78 is 16.4. The van der Waals surface area contributed by atoms with Gasteiger partial charge in [-0.2, -0.15) is 0 Å². The first-order chi connectivity index (χ1) is 11.1. The molecule has 0 bridgehead atoms. The molecular weight excluding hydrogens is 296 g/mol. The van der Waals surface area contributed by atoms with E-state index in [0.29, 0.717) is 26.2 Å². The van der Waals surface area contributed by atoms with Gasteiger partial charge in [-0.25, -0.2) is 0 Å². The molecule has 2 N–H and O–H groups in total. The lowest BCUT2D eigenvalue weighted by atomic mass is 9.93. The molecule has 5 heteroatoms. The molecule has 0 fully saturated rings. The maximum absolute atomic E-state index is 9.93. The number of methoxy groups -OCH3 is 1. The summed E-state index contributed by atoms with van der Waals surface area (Å²) in [5, 5.41) is 19.1. The molecule has 0 aliphatic rings. The van der Waals surface area contributed by atoms with Crippen molar-refractivity contribution in [1.82, 2.24) is 0 Å². The van der Waals surface area contributed by atoms with Crippen LogP contribution in [0.15, 0.2) is 36.9 Å². The molecule has 5 nitrogen and oxygen atoms in total. The lowest BCUT2D eigenvalue weighted by molar-refractivity contribution is -0.125. The Morgan fingerprint density at radius 1 is 1.30 bits per heavy atom. The van der Waals surface area contributed by atoms with E-state index < -0.39 is 11.7 Å². The van der Waals surface area contributed by atoms with E-state index in [1.807, 2.05) is 24.3 Å². The lowest BCUT2D eigenvalue weighted by Crippen LogP contribution is -2.44. The standard InChI is InChI=1S/C18H28O5/c1-4-11-23-18(2,17(20)13-19)10-5-12-22-14-15-6-8-16(21-3)9-7-15/h4,6-9,17,19-20H,1,5,10-14H2,2-3H3/t17-,18+/m1/s1. The van der Waals surface area contributed by atoms with Gasteiger partial charge < -0.3 is 24.4 Å². The molecule has 2 atom stereocenters. The Morgan fingerprint density at radius 3 is 2.57 bits per heavy atom. The Morgan fingerprint density at radius 2 is 2.00 bits per heavy atom. The van der Waals surface area contributed by atoms with Crippen LogP contribution in [-0.2, 0) is 16.1 Å². The van der Waals surface area contributed by atoms with E-state index in [0.717, 1.165) is 17.7 Å². The molecule has 1 aromatic rings. The van der Waals surface area contributed by atoms with Crippen LogP contribution in [0.3, 0.4) is 0 Å². The van der Waals surface area contributed by atoms with Crippen molar-refractivity contribution < 1.29 is 24.4 Å². The third kappa shape index (κ3) is 6.71. The van der Waals surface area contributed by atoms with Crippen LogP contribution in [0.25, 0.3) is 0 Å². The summed E-state index contributed by atoms with van der Waals surface area (Å²) in [6.07, 6.45) is 2.01. The average Bonchev–Trinajstić information content (AvgIpc) is 2.59. The van der Waals surface area contributed by atoms with E-state index in [4.69, 9.17) is 19.3 Å². The molecule has 0 heterocycles. The molecule has 0 saturated carbocycles. The molecule has 0 amide bonds. The Hall–Kier alpha value is -1.40. The summed E-state index contributed by atoms with van der Waals surface area (Å²) in [6.45, 7) is 6.47. The largest absolute Gasteiger partial charge is 0.497 e. The van der Waals surface area contributed by atoms with Gasteiger partial charge >= 0.3 is 0 Å². The van der Waals surface area contributed by atoms with Crippen LogP contribution in [0.2, 0.25) is 0 Å². The monoisotopic (exact) mass is 324 g/mol. The van der Waals surface area contributed by atoms with Crippen LogP contribution in [0.4, 0.5) is 0 Å². The number of benzene rings is 1. The Kier molecular flexibility index (Phi) is 8.87. The van der Waals surface area contributed by atoms with Crippen LogP contribution in [-0.4, -0.2) is 48.8 Å². The summed E-state index contributed by atoms with van der Waals surface area (Å²) in [6, 6.07) is 7.73. The third-order valence-electron chi connectivity index (χ3n) is 3.80. The van der Waals surface area contributed by atoms with Gasteiger partial charge in [-0.1, -0.05) is 18.2 Å². The van der Waals surface area contributed by atoms with Crippen molar-refractivity contribution in [3.05, 3.63) is 42.5 Å². The highest BCUT2D eigenvalue weighted by molar-refractivity contribution is 5.26. The second-order valence-corrected chi connectivity index (χ2v) is 5.61. The Bertz CT molecular complexity index is 445. The molecule has 23 heavy (non-hydrogen) atoms. The molecule has 0 radical (unpaired) electrons. The molecule has 130 valence electrons. The topological polar surface area (TPSA) is 68.2 Å². The first kappa shape index (κ1) is 19.6. The minimum Gasteiger partial charge on any atom is -0.497 e. The highest BCUT2D eigenvalue weighted by Gasteiger charge is 2.32. The Balaban J connectivity index is 2.33. The Labute approximate surface area is 138 Å². The predicted octanol–water partition coefficient (Wildman–Crippen LogP) is 2.31. The molecule has 0 aliphatic carbocycles. The van der Waals surface area contributed by atoms with Crippen molar-refractivity contribution >= 4 is 0 Å². The fourth-order valence-corrected chi connectivity index (χ4v) is 2.21. The summed E-state index contributed by atoms with van der Waals surface area (Å²) in [5.41, 5.74) is 0.277. The molecule has 1 aromatic carbocycles. The van der Waals surface area contributed by atoms with Gasteiger partial charge in [0.2, 0.25) is 0 Å². The van der Waals surface area contributed by atoms with E-state index in [1.165, 1.54) is 0 Å². The minimum absolute atomic E-state index is 0.333. The van der Waals surface area contributed by atoms with Crippen LogP contribution >= 0.6 is 0 Å². The summed E-state index contributed by atoms with van der Waals surface area (Å²) in [5.74, 6) is 0.821.